The van der Waals surface area contributed by atoms with Gasteiger partial charge in [0.05, 0.1) is 19.7 Å². The number of rotatable bonds is 5. The predicted octanol–water partition coefficient (Wildman–Crippen LogP) is 3.61. The van der Waals surface area contributed by atoms with Crippen molar-refractivity contribution in [3.05, 3.63) is 47.7 Å². The van der Waals surface area contributed by atoms with Crippen molar-refractivity contribution in [1.29, 1.82) is 0 Å². The first-order valence-electron chi connectivity index (χ1n) is 7.56. The highest BCUT2D eigenvalue weighted by Crippen LogP contribution is 2.33. The van der Waals surface area contributed by atoms with Crippen LogP contribution in [-0.2, 0) is 0 Å². The van der Waals surface area contributed by atoms with E-state index in [-0.39, 0.29) is 0 Å². The highest BCUT2D eigenvalue weighted by Gasteiger charge is 2.11. The molecule has 0 saturated heterocycles. The normalized spacial score (nSPS) is 10.3. The van der Waals surface area contributed by atoms with E-state index in [1.54, 1.807) is 38.5 Å². The number of nitrogens with one attached hydrogen (secondary N) is 3. The number of anilines is 2. The molecule has 3 rings (SSSR count). The number of halogens is 1. The minimum Gasteiger partial charge on any atom is -0.493 e. The van der Waals surface area contributed by atoms with Gasteiger partial charge < -0.3 is 14.8 Å². The average molecular weight is 390 g/mol. The summed E-state index contributed by atoms with van der Waals surface area (Å²) in [5, 5.41) is 4.83. The summed E-state index contributed by atoms with van der Waals surface area (Å²) in [7, 11) is 3.15. The fourth-order valence-electron chi connectivity index (χ4n) is 2.29. The standard InChI is InChI=1S/C17H16ClN5O2S/c1-24-14-7-12-13(8-15(14)25-2)19-9-20-16(12)22-23-17(26)21-11-5-3-10(18)4-6-11/h3-9H,1-2H3,(H,19,20,22)(H2,21,23,26). The number of thiocarbonyl (C=S) groups is 1. The van der Waals surface area contributed by atoms with Crippen LogP contribution in [0.2, 0.25) is 5.02 Å². The number of hydrazine groups is 1. The van der Waals surface area contributed by atoms with Crippen molar-refractivity contribution in [2.75, 3.05) is 25.0 Å². The molecular formula is C17H16ClN5O2S. The van der Waals surface area contributed by atoms with Gasteiger partial charge in [0.25, 0.3) is 0 Å². The van der Waals surface area contributed by atoms with Crippen LogP contribution in [-0.4, -0.2) is 29.3 Å². The lowest BCUT2D eigenvalue weighted by molar-refractivity contribution is 0.356. The van der Waals surface area contributed by atoms with Gasteiger partial charge in [-0.25, -0.2) is 9.97 Å². The lowest BCUT2D eigenvalue weighted by atomic mass is 10.2. The van der Waals surface area contributed by atoms with E-state index in [0.29, 0.717) is 33.0 Å². The molecule has 0 aliphatic heterocycles. The Morgan fingerprint density at radius 3 is 2.42 bits per heavy atom. The minimum atomic E-state index is 0.375. The fourth-order valence-corrected chi connectivity index (χ4v) is 2.59. The summed E-state index contributed by atoms with van der Waals surface area (Å²) in [6.07, 6.45) is 1.45. The van der Waals surface area contributed by atoms with Crippen LogP contribution in [0.4, 0.5) is 11.5 Å². The van der Waals surface area contributed by atoms with Crippen molar-refractivity contribution in [2.24, 2.45) is 0 Å². The molecule has 134 valence electrons. The molecule has 0 atom stereocenters. The number of hydrogen-bond acceptors (Lipinski definition) is 6. The first-order valence-corrected chi connectivity index (χ1v) is 8.34. The smallest absolute Gasteiger partial charge is 0.189 e. The van der Waals surface area contributed by atoms with E-state index in [0.717, 1.165) is 11.1 Å². The number of aromatic nitrogens is 2. The SMILES string of the molecule is COc1cc2ncnc(NNC(=S)Nc3ccc(Cl)cc3)c2cc1OC. The zero-order chi connectivity index (χ0) is 18.5. The summed E-state index contributed by atoms with van der Waals surface area (Å²) in [5.41, 5.74) is 7.40. The Labute approximate surface area is 160 Å². The van der Waals surface area contributed by atoms with Crippen molar-refractivity contribution in [3.63, 3.8) is 0 Å². The van der Waals surface area contributed by atoms with Gasteiger partial charge in [0.2, 0.25) is 0 Å². The number of nitrogens with zero attached hydrogens (tertiary/aromatic N) is 2. The molecule has 0 saturated carbocycles. The quantitative estimate of drug-likeness (QED) is 0.451. The zero-order valence-corrected chi connectivity index (χ0v) is 15.6. The maximum Gasteiger partial charge on any atom is 0.189 e. The second kappa shape index (κ2) is 8.03. The molecule has 0 spiro atoms. The highest BCUT2D eigenvalue weighted by atomic mass is 35.5. The van der Waals surface area contributed by atoms with Crippen LogP contribution < -0.4 is 25.6 Å². The number of ether oxygens (including phenoxy) is 2. The third kappa shape index (κ3) is 4.04. The van der Waals surface area contributed by atoms with Crippen LogP contribution in [0.5, 0.6) is 11.5 Å². The van der Waals surface area contributed by atoms with Gasteiger partial charge in [-0.1, -0.05) is 11.6 Å². The average Bonchev–Trinajstić information content (AvgIpc) is 2.66. The third-order valence-electron chi connectivity index (χ3n) is 3.54. The number of benzene rings is 2. The molecule has 2 aromatic carbocycles. The maximum absolute atomic E-state index is 5.87. The Kier molecular flexibility index (Phi) is 5.55. The molecule has 7 nitrogen and oxygen atoms in total. The first kappa shape index (κ1) is 18.0. The summed E-state index contributed by atoms with van der Waals surface area (Å²) in [4.78, 5) is 8.50. The Hall–Kier alpha value is -2.84. The zero-order valence-electron chi connectivity index (χ0n) is 14.0. The van der Waals surface area contributed by atoms with E-state index in [9.17, 15) is 0 Å². The van der Waals surface area contributed by atoms with Gasteiger partial charge in [-0.3, -0.25) is 10.9 Å². The van der Waals surface area contributed by atoms with Crippen LogP contribution in [0.3, 0.4) is 0 Å². The van der Waals surface area contributed by atoms with Gasteiger partial charge >= 0.3 is 0 Å². The molecule has 0 radical (unpaired) electrons. The van der Waals surface area contributed by atoms with Gasteiger partial charge in [0, 0.05) is 22.2 Å². The molecule has 3 N–H and O–H groups in total. The second-order valence-corrected chi connectivity index (χ2v) is 6.00. The third-order valence-corrected chi connectivity index (χ3v) is 3.99. The Balaban J connectivity index is 1.75. The number of fused-ring (bicyclic) bond motifs is 1. The molecular weight excluding hydrogens is 374 g/mol. The van der Waals surface area contributed by atoms with Gasteiger partial charge in [-0.2, -0.15) is 0 Å². The lowest BCUT2D eigenvalue weighted by Gasteiger charge is -2.14. The van der Waals surface area contributed by atoms with Gasteiger partial charge in [0.15, 0.2) is 22.4 Å². The van der Waals surface area contributed by atoms with Crippen molar-refractivity contribution in [3.8, 4) is 11.5 Å². The molecule has 1 heterocycles. The monoisotopic (exact) mass is 389 g/mol. The summed E-state index contributed by atoms with van der Waals surface area (Å²) in [6.45, 7) is 0. The van der Waals surface area contributed by atoms with E-state index < -0.39 is 0 Å². The largest absolute Gasteiger partial charge is 0.493 e. The molecule has 9 heteroatoms. The maximum atomic E-state index is 5.87. The van der Waals surface area contributed by atoms with Crippen LogP contribution in [0.1, 0.15) is 0 Å². The van der Waals surface area contributed by atoms with Crippen molar-refractivity contribution >= 4 is 51.3 Å². The van der Waals surface area contributed by atoms with Gasteiger partial charge in [-0.05, 0) is 42.5 Å². The summed E-state index contributed by atoms with van der Waals surface area (Å²) >= 11 is 11.1. The molecule has 0 aliphatic carbocycles. The lowest BCUT2D eigenvalue weighted by Crippen LogP contribution is -2.33. The fraction of sp³-hybridized carbons (Fsp3) is 0.118. The van der Waals surface area contributed by atoms with E-state index >= 15 is 0 Å². The molecule has 0 bridgehead atoms. The Morgan fingerprint density at radius 1 is 1.04 bits per heavy atom. The van der Waals surface area contributed by atoms with Crippen LogP contribution in [0.25, 0.3) is 10.9 Å². The van der Waals surface area contributed by atoms with E-state index in [1.165, 1.54) is 6.33 Å². The van der Waals surface area contributed by atoms with E-state index in [1.807, 2.05) is 12.1 Å². The second-order valence-electron chi connectivity index (χ2n) is 5.16. The Bertz CT molecular complexity index is 936. The molecule has 0 fully saturated rings. The summed E-state index contributed by atoms with van der Waals surface area (Å²) in [5.74, 6) is 1.73. The minimum absolute atomic E-state index is 0.375. The number of hydrogen-bond donors (Lipinski definition) is 3. The summed E-state index contributed by atoms with van der Waals surface area (Å²) in [6, 6.07) is 10.8. The predicted molar refractivity (Wildman–Crippen MR) is 107 cm³/mol. The first-order chi connectivity index (χ1) is 12.6. The van der Waals surface area contributed by atoms with Gasteiger partial charge in [-0.15, -0.1) is 0 Å². The molecule has 1 aromatic heterocycles. The number of methoxy groups -OCH3 is 2. The van der Waals surface area contributed by atoms with E-state index in [2.05, 4.69) is 26.1 Å². The highest BCUT2D eigenvalue weighted by molar-refractivity contribution is 7.80. The van der Waals surface area contributed by atoms with Crippen LogP contribution >= 0.6 is 23.8 Å². The topological polar surface area (TPSA) is 80.3 Å². The summed E-state index contributed by atoms with van der Waals surface area (Å²) < 4.78 is 10.6. The Morgan fingerprint density at radius 2 is 1.73 bits per heavy atom. The molecule has 0 amide bonds. The van der Waals surface area contributed by atoms with Crippen molar-refractivity contribution in [1.82, 2.24) is 15.4 Å². The van der Waals surface area contributed by atoms with Gasteiger partial charge in [0.1, 0.15) is 6.33 Å². The van der Waals surface area contributed by atoms with E-state index in [4.69, 9.17) is 33.3 Å². The van der Waals surface area contributed by atoms with Crippen LogP contribution in [0, 0.1) is 0 Å². The molecule has 0 unspecified atom stereocenters. The van der Waals surface area contributed by atoms with Crippen molar-refractivity contribution in [2.45, 2.75) is 0 Å². The molecule has 26 heavy (non-hydrogen) atoms. The van der Waals surface area contributed by atoms with Crippen LogP contribution in [0.15, 0.2) is 42.7 Å². The molecule has 3 aromatic rings. The van der Waals surface area contributed by atoms with Crippen molar-refractivity contribution < 1.29 is 9.47 Å². The molecule has 0 aliphatic rings.